The highest BCUT2D eigenvalue weighted by Gasteiger charge is 1.99. The van der Waals surface area contributed by atoms with Crippen molar-refractivity contribution in [2.45, 2.75) is 0 Å². The van der Waals surface area contributed by atoms with Crippen molar-refractivity contribution < 1.29 is 5.11 Å². The highest BCUT2D eigenvalue weighted by Crippen LogP contribution is 2.17. The summed E-state index contributed by atoms with van der Waals surface area (Å²) in [5, 5.41) is 11.5. The Balaban J connectivity index is 2.73. The van der Waals surface area contributed by atoms with E-state index in [4.69, 9.17) is 5.11 Å². The van der Waals surface area contributed by atoms with Gasteiger partial charge in [0.25, 0.3) is 0 Å². The van der Waals surface area contributed by atoms with Crippen molar-refractivity contribution in [3.63, 3.8) is 0 Å². The maximum atomic E-state index is 10.1. The van der Waals surface area contributed by atoms with Crippen LogP contribution >= 0.6 is 0 Å². The number of nitrogens with zero attached hydrogens (tertiary/aromatic N) is 2. The van der Waals surface area contributed by atoms with Crippen LogP contribution in [0, 0.1) is 4.91 Å². The van der Waals surface area contributed by atoms with E-state index < -0.39 is 0 Å². The van der Waals surface area contributed by atoms with Crippen LogP contribution in [0.25, 0.3) is 0 Å². The molecule has 0 bridgehead atoms. The molecule has 1 aromatic carbocycles. The third-order valence-electron chi connectivity index (χ3n) is 1.83. The molecule has 1 N–H and O–H groups in total. The van der Waals surface area contributed by atoms with Crippen molar-refractivity contribution in [2.24, 2.45) is 5.18 Å². The predicted molar refractivity (Wildman–Crippen MR) is 52.3 cm³/mol. The topological polar surface area (TPSA) is 52.9 Å². The molecule has 4 nitrogen and oxygen atoms in total. The zero-order valence-electron chi connectivity index (χ0n) is 7.47. The van der Waals surface area contributed by atoms with Gasteiger partial charge in [0.2, 0.25) is 0 Å². The Morgan fingerprint density at radius 2 is 2.00 bits per heavy atom. The molecule has 70 valence electrons. The molecule has 0 aromatic heterocycles. The van der Waals surface area contributed by atoms with Crippen molar-refractivity contribution >= 4 is 11.4 Å². The predicted octanol–water partition coefficient (Wildman–Crippen LogP) is 1.51. The molecule has 1 rings (SSSR count). The minimum atomic E-state index is 0.115. The van der Waals surface area contributed by atoms with Gasteiger partial charge in [-0.3, -0.25) is 0 Å². The SMILES string of the molecule is CN(CCO)c1ccc(N=O)cc1. The molecule has 4 heteroatoms. The van der Waals surface area contributed by atoms with Crippen molar-refractivity contribution in [1.82, 2.24) is 0 Å². The lowest BCUT2D eigenvalue weighted by Gasteiger charge is -2.17. The van der Waals surface area contributed by atoms with Gasteiger partial charge in [-0.05, 0) is 29.4 Å². The van der Waals surface area contributed by atoms with E-state index in [1.807, 2.05) is 11.9 Å². The van der Waals surface area contributed by atoms with Crippen molar-refractivity contribution in [3.8, 4) is 0 Å². The number of hydrogen-bond donors (Lipinski definition) is 1. The summed E-state index contributed by atoms with van der Waals surface area (Å²) in [5.74, 6) is 0. The molecule has 0 saturated heterocycles. The monoisotopic (exact) mass is 180 g/mol. The second kappa shape index (κ2) is 4.57. The van der Waals surface area contributed by atoms with Gasteiger partial charge in [0.1, 0.15) is 5.69 Å². The van der Waals surface area contributed by atoms with Gasteiger partial charge >= 0.3 is 0 Å². The van der Waals surface area contributed by atoms with Crippen LogP contribution < -0.4 is 4.90 Å². The quantitative estimate of drug-likeness (QED) is 0.714. The van der Waals surface area contributed by atoms with Crippen molar-refractivity contribution in [2.75, 3.05) is 25.1 Å². The smallest absolute Gasteiger partial charge is 0.108 e. The van der Waals surface area contributed by atoms with Gasteiger partial charge in [0.05, 0.1) is 6.61 Å². The van der Waals surface area contributed by atoms with Gasteiger partial charge in [-0.15, -0.1) is 4.91 Å². The molecule has 0 fully saturated rings. The summed E-state index contributed by atoms with van der Waals surface area (Å²) < 4.78 is 0. The van der Waals surface area contributed by atoms with Crippen LogP contribution in [0.5, 0.6) is 0 Å². The summed E-state index contributed by atoms with van der Waals surface area (Å²) >= 11 is 0. The Hall–Kier alpha value is -1.42. The lowest BCUT2D eigenvalue weighted by molar-refractivity contribution is 0.304. The minimum Gasteiger partial charge on any atom is -0.395 e. The number of likely N-dealkylation sites (N-methyl/N-ethyl adjacent to an activating group) is 1. The molecule has 0 aliphatic heterocycles. The van der Waals surface area contributed by atoms with Crippen molar-refractivity contribution in [1.29, 1.82) is 0 Å². The van der Waals surface area contributed by atoms with Crippen molar-refractivity contribution in [3.05, 3.63) is 29.2 Å². The Bertz CT molecular complexity index is 271. The first-order chi connectivity index (χ1) is 6.27. The van der Waals surface area contributed by atoms with Crippen LogP contribution in [-0.4, -0.2) is 25.3 Å². The number of aliphatic hydroxyl groups is 1. The molecule has 0 heterocycles. The van der Waals surface area contributed by atoms with Gasteiger partial charge in [0, 0.05) is 19.3 Å². The molecular weight excluding hydrogens is 168 g/mol. The fourth-order valence-electron chi connectivity index (χ4n) is 1.05. The Morgan fingerprint density at radius 3 is 2.46 bits per heavy atom. The van der Waals surface area contributed by atoms with E-state index in [1.54, 1.807) is 24.3 Å². The van der Waals surface area contributed by atoms with E-state index >= 15 is 0 Å². The molecule has 0 unspecified atom stereocenters. The fourth-order valence-corrected chi connectivity index (χ4v) is 1.05. The minimum absolute atomic E-state index is 0.115. The van der Waals surface area contributed by atoms with Crippen LogP contribution in [0.3, 0.4) is 0 Å². The molecule has 0 amide bonds. The highest BCUT2D eigenvalue weighted by atomic mass is 16.3. The number of aliphatic hydroxyl groups excluding tert-OH is 1. The maximum absolute atomic E-state index is 10.1. The number of rotatable bonds is 4. The summed E-state index contributed by atoms with van der Waals surface area (Å²) in [5.41, 5.74) is 1.38. The Labute approximate surface area is 76.8 Å². The van der Waals surface area contributed by atoms with Crippen LogP contribution in [0.1, 0.15) is 0 Å². The molecule has 0 aliphatic carbocycles. The van der Waals surface area contributed by atoms with E-state index in [9.17, 15) is 4.91 Å². The van der Waals surface area contributed by atoms with Gasteiger partial charge < -0.3 is 10.0 Å². The third kappa shape index (κ3) is 2.52. The van der Waals surface area contributed by atoms with E-state index in [-0.39, 0.29) is 6.61 Å². The summed E-state index contributed by atoms with van der Waals surface area (Å²) in [6.07, 6.45) is 0. The first-order valence-electron chi connectivity index (χ1n) is 4.03. The molecular formula is C9H12N2O2. The molecule has 1 aromatic rings. The molecule has 0 spiro atoms. The molecule has 0 saturated carbocycles. The first-order valence-corrected chi connectivity index (χ1v) is 4.03. The van der Waals surface area contributed by atoms with Crippen LogP contribution in [0.2, 0.25) is 0 Å². The fraction of sp³-hybridized carbons (Fsp3) is 0.333. The van der Waals surface area contributed by atoms with E-state index in [0.29, 0.717) is 12.2 Å². The van der Waals surface area contributed by atoms with E-state index in [2.05, 4.69) is 5.18 Å². The summed E-state index contributed by atoms with van der Waals surface area (Å²) in [4.78, 5) is 12.0. The number of nitroso groups, excluding NO2 is 1. The highest BCUT2D eigenvalue weighted by molar-refractivity contribution is 5.52. The van der Waals surface area contributed by atoms with Crippen LogP contribution in [0.4, 0.5) is 11.4 Å². The second-order valence-electron chi connectivity index (χ2n) is 2.75. The van der Waals surface area contributed by atoms with Gasteiger partial charge in [-0.1, -0.05) is 0 Å². The summed E-state index contributed by atoms with van der Waals surface area (Å²) in [7, 11) is 1.87. The van der Waals surface area contributed by atoms with Gasteiger partial charge in [0.15, 0.2) is 0 Å². The van der Waals surface area contributed by atoms with E-state index in [0.717, 1.165) is 5.69 Å². The molecule has 0 aliphatic rings. The zero-order chi connectivity index (χ0) is 9.68. The van der Waals surface area contributed by atoms with Gasteiger partial charge in [-0.25, -0.2) is 0 Å². The number of hydrogen-bond acceptors (Lipinski definition) is 4. The Morgan fingerprint density at radius 1 is 1.38 bits per heavy atom. The van der Waals surface area contributed by atoms with Crippen LogP contribution in [0.15, 0.2) is 29.4 Å². The summed E-state index contributed by atoms with van der Waals surface area (Å²) in [6.45, 7) is 0.693. The number of anilines is 1. The number of benzene rings is 1. The second-order valence-corrected chi connectivity index (χ2v) is 2.75. The zero-order valence-corrected chi connectivity index (χ0v) is 7.47. The summed E-state index contributed by atoms with van der Waals surface area (Å²) in [6, 6.07) is 6.89. The third-order valence-corrected chi connectivity index (χ3v) is 1.83. The standard InChI is InChI=1S/C9H12N2O2/c1-11(6-7-12)9-4-2-8(10-13)3-5-9/h2-5,12H,6-7H2,1H3. The Kier molecular flexibility index (Phi) is 3.40. The largest absolute Gasteiger partial charge is 0.395 e. The molecule has 0 atom stereocenters. The lowest BCUT2D eigenvalue weighted by Crippen LogP contribution is -2.20. The lowest BCUT2D eigenvalue weighted by atomic mass is 10.2. The van der Waals surface area contributed by atoms with Gasteiger partial charge in [-0.2, -0.15) is 0 Å². The van der Waals surface area contributed by atoms with Crippen LogP contribution in [-0.2, 0) is 0 Å². The molecule has 0 radical (unpaired) electrons. The normalized spacial score (nSPS) is 9.69. The molecule has 13 heavy (non-hydrogen) atoms. The first kappa shape index (κ1) is 9.67. The maximum Gasteiger partial charge on any atom is 0.108 e. The average molecular weight is 180 g/mol. The average Bonchev–Trinajstić information content (AvgIpc) is 2.18. The van der Waals surface area contributed by atoms with E-state index in [1.165, 1.54) is 0 Å².